The van der Waals surface area contributed by atoms with Crippen molar-refractivity contribution in [2.24, 2.45) is 0 Å². The molecule has 0 saturated carbocycles. The largest absolute Gasteiger partial charge is 0.482 e. The quantitative estimate of drug-likeness (QED) is 0.565. The van der Waals surface area contributed by atoms with Crippen LogP contribution in [-0.4, -0.2) is 41.2 Å². The zero-order chi connectivity index (χ0) is 20.6. The lowest BCUT2D eigenvalue weighted by Gasteiger charge is -2.11. The van der Waals surface area contributed by atoms with Gasteiger partial charge in [0.05, 0.1) is 9.92 Å². The maximum Gasteiger partial charge on any atom is 0.261 e. The summed E-state index contributed by atoms with van der Waals surface area (Å²) in [5.41, 5.74) is 0.211. The maximum absolute atomic E-state index is 12.9. The zero-order valence-electron chi connectivity index (χ0n) is 15.1. The SMILES string of the molecule is COCCCNC(=O)COc1ccc(S(=O)(=O)Nc2ccc(F)cc2)cc1Cl. The van der Waals surface area contributed by atoms with E-state index in [1.54, 1.807) is 7.11 Å². The van der Waals surface area contributed by atoms with Crippen molar-refractivity contribution < 1.29 is 27.1 Å². The average molecular weight is 431 g/mol. The van der Waals surface area contributed by atoms with Crippen molar-refractivity contribution in [3.8, 4) is 5.75 Å². The van der Waals surface area contributed by atoms with Crippen LogP contribution in [0.15, 0.2) is 47.4 Å². The van der Waals surface area contributed by atoms with Gasteiger partial charge in [0.15, 0.2) is 6.61 Å². The molecule has 2 aromatic rings. The Morgan fingerprint density at radius 1 is 1.18 bits per heavy atom. The van der Waals surface area contributed by atoms with Gasteiger partial charge in [-0.1, -0.05) is 11.6 Å². The molecule has 28 heavy (non-hydrogen) atoms. The van der Waals surface area contributed by atoms with Gasteiger partial charge in [-0.3, -0.25) is 9.52 Å². The highest BCUT2D eigenvalue weighted by molar-refractivity contribution is 7.92. The summed E-state index contributed by atoms with van der Waals surface area (Å²) in [7, 11) is -2.34. The predicted molar refractivity (Wildman–Crippen MR) is 104 cm³/mol. The van der Waals surface area contributed by atoms with E-state index >= 15 is 0 Å². The summed E-state index contributed by atoms with van der Waals surface area (Å²) in [5.74, 6) is -0.633. The number of methoxy groups -OCH3 is 1. The molecular formula is C18H20ClFN2O5S. The number of carbonyl (C=O) groups excluding carboxylic acids is 1. The molecule has 0 heterocycles. The fourth-order valence-electron chi connectivity index (χ4n) is 2.14. The minimum atomic E-state index is -3.92. The van der Waals surface area contributed by atoms with Crippen molar-refractivity contribution in [3.63, 3.8) is 0 Å². The summed E-state index contributed by atoms with van der Waals surface area (Å²) >= 11 is 6.07. The van der Waals surface area contributed by atoms with Crippen LogP contribution in [0.5, 0.6) is 5.75 Å². The predicted octanol–water partition coefficient (Wildman–Crippen LogP) is 2.81. The Labute approximate surface area is 167 Å². The van der Waals surface area contributed by atoms with Crippen LogP contribution < -0.4 is 14.8 Å². The molecule has 0 radical (unpaired) electrons. The van der Waals surface area contributed by atoms with Gasteiger partial charge in [-0.25, -0.2) is 12.8 Å². The molecule has 10 heteroatoms. The van der Waals surface area contributed by atoms with E-state index < -0.39 is 15.8 Å². The van der Waals surface area contributed by atoms with Crippen molar-refractivity contribution in [2.45, 2.75) is 11.3 Å². The third kappa shape index (κ3) is 6.66. The summed E-state index contributed by atoms with van der Waals surface area (Å²) in [6.45, 7) is 0.734. The number of halogens is 2. The number of carbonyl (C=O) groups is 1. The Kier molecular flexibility index (Phi) is 8.04. The lowest BCUT2D eigenvalue weighted by Crippen LogP contribution is -2.30. The summed E-state index contributed by atoms with van der Waals surface area (Å²) in [4.78, 5) is 11.6. The number of hydrogen-bond acceptors (Lipinski definition) is 5. The first kappa shape index (κ1) is 21.9. The van der Waals surface area contributed by atoms with Gasteiger partial charge in [0, 0.05) is 25.9 Å². The van der Waals surface area contributed by atoms with E-state index in [-0.39, 0.29) is 33.9 Å². The Morgan fingerprint density at radius 2 is 1.89 bits per heavy atom. The molecular weight excluding hydrogens is 411 g/mol. The molecule has 2 aromatic carbocycles. The number of sulfonamides is 1. The molecule has 0 bridgehead atoms. The monoisotopic (exact) mass is 430 g/mol. The molecule has 0 aliphatic carbocycles. The minimum Gasteiger partial charge on any atom is -0.482 e. The first-order valence-corrected chi connectivity index (χ1v) is 10.1. The van der Waals surface area contributed by atoms with E-state index in [2.05, 4.69) is 10.0 Å². The lowest BCUT2D eigenvalue weighted by molar-refractivity contribution is -0.123. The summed E-state index contributed by atoms with van der Waals surface area (Å²) in [6, 6.07) is 8.75. The van der Waals surface area contributed by atoms with Crippen molar-refractivity contribution in [1.29, 1.82) is 0 Å². The van der Waals surface area contributed by atoms with Crippen molar-refractivity contribution in [2.75, 3.05) is 31.6 Å². The highest BCUT2D eigenvalue weighted by Gasteiger charge is 2.17. The van der Waals surface area contributed by atoms with Gasteiger partial charge < -0.3 is 14.8 Å². The van der Waals surface area contributed by atoms with Crippen LogP contribution in [0, 0.1) is 5.82 Å². The van der Waals surface area contributed by atoms with Crippen LogP contribution in [0.3, 0.4) is 0 Å². The Bertz CT molecular complexity index is 907. The second-order valence-corrected chi connectivity index (χ2v) is 7.78. The molecule has 0 aromatic heterocycles. The molecule has 0 fully saturated rings. The normalized spacial score (nSPS) is 11.1. The number of benzene rings is 2. The number of rotatable bonds is 10. The van der Waals surface area contributed by atoms with Gasteiger partial charge in [-0.05, 0) is 48.9 Å². The molecule has 0 aliphatic rings. The van der Waals surface area contributed by atoms with Gasteiger partial charge in [0.2, 0.25) is 0 Å². The van der Waals surface area contributed by atoms with E-state index in [1.165, 1.54) is 30.3 Å². The average Bonchev–Trinajstić information content (AvgIpc) is 2.66. The van der Waals surface area contributed by atoms with E-state index in [1.807, 2.05) is 0 Å². The number of anilines is 1. The van der Waals surface area contributed by atoms with E-state index in [0.29, 0.717) is 19.6 Å². The maximum atomic E-state index is 12.9. The van der Waals surface area contributed by atoms with Crippen LogP contribution in [-0.2, 0) is 19.6 Å². The third-order valence-corrected chi connectivity index (χ3v) is 5.19. The van der Waals surface area contributed by atoms with Gasteiger partial charge in [0.1, 0.15) is 11.6 Å². The van der Waals surface area contributed by atoms with Crippen molar-refractivity contribution in [3.05, 3.63) is 53.3 Å². The van der Waals surface area contributed by atoms with E-state index in [0.717, 1.165) is 12.1 Å². The fourth-order valence-corrected chi connectivity index (χ4v) is 3.52. The molecule has 2 rings (SSSR count). The van der Waals surface area contributed by atoms with Gasteiger partial charge in [-0.15, -0.1) is 0 Å². The van der Waals surface area contributed by atoms with Gasteiger partial charge in [0.25, 0.3) is 15.9 Å². The molecule has 7 nitrogen and oxygen atoms in total. The highest BCUT2D eigenvalue weighted by Crippen LogP contribution is 2.28. The third-order valence-electron chi connectivity index (χ3n) is 3.52. The lowest BCUT2D eigenvalue weighted by atomic mass is 10.3. The molecule has 2 N–H and O–H groups in total. The molecule has 0 unspecified atom stereocenters. The van der Waals surface area contributed by atoms with Crippen LogP contribution in [0.2, 0.25) is 5.02 Å². The van der Waals surface area contributed by atoms with Gasteiger partial charge >= 0.3 is 0 Å². The summed E-state index contributed by atoms with van der Waals surface area (Å²) in [6.07, 6.45) is 0.677. The molecule has 0 atom stereocenters. The molecule has 1 amide bonds. The smallest absolute Gasteiger partial charge is 0.261 e. The number of ether oxygens (including phenoxy) is 2. The van der Waals surface area contributed by atoms with Crippen LogP contribution in [0.25, 0.3) is 0 Å². The molecule has 152 valence electrons. The topological polar surface area (TPSA) is 93.7 Å². The number of hydrogen-bond donors (Lipinski definition) is 2. The Hall–Kier alpha value is -2.36. The van der Waals surface area contributed by atoms with Crippen LogP contribution >= 0.6 is 11.6 Å². The molecule has 0 saturated heterocycles. The standard InChI is InChI=1S/C18H20ClFN2O5S/c1-26-10-2-9-21-18(23)12-27-17-8-7-15(11-16(17)19)28(24,25)22-14-5-3-13(20)4-6-14/h3-8,11,22H,2,9-10,12H2,1H3,(H,21,23). The minimum absolute atomic E-state index is 0.0363. The number of nitrogens with one attached hydrogen (secondary N) is 2. The van der Waals surface area contributed by atoms with E-state index in [4.69, 9.17) is 21.1 Å². The van der Waals surface area contributed by atoms with Crippen LogP contribution in [0.1, 0.15) is 6.42 Å². The van der Waals surface area contributed by atoms with Gasteiger partial charge in [-0.2, -0.15) is 0 Å². The Morgan fingerprint density at radius 3 is 2.54 bits per heavy atom. The summed E-state index contributed by atoms with van der Waals surface area (Å²) < 4.78 is 50.3. The van der Waals surface area contributed by atoms with Crippen LogP contribution in [0.4, 0.5) is 10.1 Å². The Balaban J connectivity index is 1.97. The first-order chi connectivity index (χ1) is 13.3. The molecule has 0 aliphatic heterocycles. The highest BCUT2D eigenvalue weighted by atomic mass is 35.5. The second-order valence-electron chi connectivity index (χ2n) is 5.69. The second kappa shape index (κ2) is 10.3. The first-order valence-electron chi connectivity index (χ1n) is 8.28. The number of amides is 1. The van der Waals surface area contributed by atoms with Crippen molar-refractivity contribution >= 4 is 33.2 Å². The van der Waals surface area contributed by atoms with E-state index in [9.17, 15) is 17.6 Å². The fraction of sp³-hybridized carbons (Fsp3) is 0.278. The van der Waals surface area contributed by atoms with Crippen molar-refractivity contribution in [1.82, 2.24) is 5.32 Å². The zero-order valence-corrected chi connectivity index (χ0v) is 16.6. The molecule has 0 spiro atoms. The summed E-state index contributed by atoms with van der Waals surface area (Å²) in [5, 5.41) is 2.69.